The molecule has 1 aromatic rings. The number of hydrogen-bond acceptors (Lipinski definition) is 5. The minimum atomic E-state index is -3.69. The van der Waals surface area contributed by atoms with Crippen LogP contribution in [-0.2, 0) is 10.0 Å². The van der Waals surface area contributed by atoms with Crippen LogP contribution < -0.4 is 0 Å². The molecule has 3 rings (SSSR count). The smallest absolute Gasteiger partial charge is 0.243 e. The van der Waals surface area contributed by atoms with Gasteiger partial charge in [-0.3, -0.25) is 0 Å². The first-order valence-corrected chi connectivity index (χ1v) is 12.1. The number of likely N-dealkylation sites (tertiary alicyclic amines) is 1. The van der Waals surface area contributed by atoms with Crippen molar-refractivity contribution in [1.82, 2.24) is 9.21 Å². The van der Waals surface area contributed by atoms with Crippen molar-refractivity contribution in [2.45, 2.75) is 43.5 Å². The van der Waals surface area contributed by atoms with E-state index in [0.717, 1.165) is 48.4 Å². The maximum Gasteiger partial charge on any atom is 0.243 e. The van der Waals surface area contributed by atoms with E-state index in [0.29, 0.717) is 13.1 Å². The number of hydrogen-bond donors (Lipinski definition) is 1. The Balaban J connectivity index is 1.78. The Hall–Kier alpha value is -1.38. The number of thiocarbonyl (C=S) groups is 1. The maximum atomic E-state index is 13.3. The van der Waals surface area contributed by atoms with Crippen molar-refractivity contribution >= 4 is 32.7 Å². The lowest BCUT2D eigenvalue weighted by atomic mass is 9.97. The van der Waals surface area contributed by atoms with E-state index in [9.17, 15) is 13.5 Å². The summed E-state index contributed by atoms with van der Waals surface area (Å²) < 4.78 is 28.0. The largest absolute Gasteiger partial charge is 0.395 e. The fourth-order valence-electron chi connectivity index (χ4n) is 3.83. The summed E-state index contributed by atoms with van der Waals surface area (Å²) in [5.41, 5.74) is 1.89. The Kier molecular flexibility index (Phi) is 7.76. The van der Waals surface area contributed by atoms with Gasteiger partial charge in [0, 0.05) is 30.4 Å². The molecule has 1 saturated heterocycles. The molecule has 7 heteroatoms. The average molecular weight is 435 g/mol. The third-order valence-electron chi connectivity index (χ3n) is 5.62. The predicted molar refractivity (Wildman–Crippen MR) is 122 cm³/mol. The van der Waals surface area contributed by atoms with Gasteiger partial charge in [-0.15, -0.1) is 0 Å². The van der Waals surface area contributed by atoms with Crippen LogP contribution in [0.2, 0.25) is 0 Å². The summed E-state index contributed by atoms with van der Waals surface area (Å²) in [4.78, 5) is 3.42. The zero-order valence-corrected chi connectivity index (χ0v) is 18.6. The average Bonchev–Trinajstić information content (AvgIpc) is 2.74. The molecule has 0 bridgehead atoms. The van der Waals surface area contributed by atoms with Crippen LogP contribution in [0, 0.1) is 0 Å². The van der Waals surface area contributed by atoms with Crippen LogP contribution in [0.15, 0.2) is 47.4 Å². The first-order chi connectivity index (χ1) is 13.9. The molecular weight excluding hydrogens is 404 g/mol. The van der Waals surface area contributed by atoms with E-state index in [2.05, 4.69) is 4.90 Å². The SMILES string of the molecule is C[C@H](CO)N(CCN1CCCCC1)S(=O)(=O)c1ccc(C2=CC=CCC2=S)cc1. The minimum absolute atomic E-state index is 0.204. The number of allylic oxidation sites excluding steroid dienone is 4. The van der Waals surface area contributed by atoms with E-state index in [-0.39, 0.29) is 11.5 Å². The molecule has 0 radical (unpaired) electrons. The van der Waals surface area contributed by atoms with Crippen molar-refractivity contribution in [1.29, 1.82) is 0 Å². The van der Waals surface area contributed by atoms with Gasteiger partial charge in [-0.05, 0) is 56.1 Å². The molecule has 5 nitrogen and oxygen atoms in total. The predicted octanol–water partition coefficient (Wildman–Crippen LogP) is 3.26. The second-order valence-electron chi connectivity index (χ2n) is 7.71. The van der Waals surface area contributed by atoms with E-state index < -0.39 is 16.1 Å². The third-order valence-corrected chi connectivity index (χ3v) is 8.03. The maximum absolute atomic E-state index is 13.3. The standard InChI is InChI=1S/C22H30N2O3S2/c1-18(17-25)24(16-15-23-13-5-2-6-14-23)29(26,27)20-11-9-19(10-12-20)21-7-3-4-8-22(21)28/h3-4,7,9-12,18,25H,2,5-6,8,13-17H2,1H3/t18-/m1/s1. The number of benzene rings is 1. The second kappa shape index (κ2) is 10.1. The summed E-state index contributed by atoms with van der Waals surface area (Å²) in [6.45, 7) is 4.64. The van der Waals surface area contributed by atoms with E-state index in [1.54, 1.807) is 19.1 Å². The fraction of sp³-hybridized carbons (Fsp3) is 0.500. The first-order valence-electron chi connectivity index (χ1n) is 10.3. The minimum Gasteiger partial charge on any atom is -0.395 e. The number of rotatable bonds is 8. The van der Waals surface area contributed by atoms with Crippen LogP contribution in [0.4, 0.5) is 0 Å². The summed E-state index contributed by atoms with van der Waals surface area (Å²) in [6.07, 6.45) is 10.3. The van der Waals surface area contributed by atoms with Gasteiger partial charge in [-0.1, -0.05) is 49.0 Å². The van der Waals surface area contributed by atoms with Gasteiger partial charge in [-0.25, -0.2) is 8.42 Å². The molecule has 0 unspecified atom stereocenters. The number of sulfonamides is 1. The Labute approximate surface area is 179 Å². The van der Waals surface area contributed by atoms with Gasteiger partial charge in [0.15, 0.2) is 0 Å². The van der Waals surface area contributed by atoms with Gasteiger partial charge in [0.05, 0.1) is 11.5 Å². The molecule has 0 spiro atoms. The molecule has 29 heavy (non-hydrogen) atoms. The van der Waals surface area contributed by atoms with Crippen LogP contribution in [0.3, 0.4) is 0 Å². The summed E-state index contributed by atoms with van der Waals surface area (Å²) in [7, 11) is -3.69. The molecule has 0 aromatic heterocycles. The van der Waals surface area contributed by atoms with Crippen LogP contribution in [0.25, 0.3) is 5.57 Å². The molecule has 1 aromatic carbocycles. The molecule has 1 heterocycles. The highest BCUT2D eigenvalue weighted by atomic mass is 32.2. The Morgan fingerprint density at radius 3 is 2.48 bits per heavy atom. The molecule has 1 fully saturated rings. The zero-order valence-electron chi connectivity index (χ0n) is 17.0. The quantitative estimate of drug-likeness (QED) is 0.637. The van der Waals surface area contributed by atoms with Crippen molar-refractivity contribution in [3.8, 4) is 0 Å². The highest BCUT2D eigenvalue weighted by Crippen LogP contribution is 2.25. The lowest BCUT2D eigenvalue weighted by Gasteiger charge is -2.32. The van der Waals surface area contributed by atoms with Gasteiger partial charge >= 0.3 is 0 Å². The van der Waals surface area contributed by atoms with E-state index in [4.69, 9.17) is 12.2 Å². The van der Waals surface area contributed by atoms with Crippen molar-refractivity contribution in [2.24, 2.45) is 0 Å². The zero-order chi connectivity index (χ0) is 20.9. The van der Waals surface area contributed by atoms with Gasteiger partial charge < -0.3 is 10.0 Å². The summed E-state index contributed by atoms with van der Waals surface area (Å²) in [5, 5.41) is 9.65. The molecule has 2 aliphatic rings. The molecule has 1 atom stereocenters. The number of piperidine rings is 1. The molecule has 158 valence electrons. The summed E-state index contributed by atoms with van der Waals surface area (Å²) in [6, 6.07) is 6.45. The van der Waals surface area contributed by atoms with Crippen LogP contribution in [0.5, 0.6) is 0 Å². The molecular formula is C22H30N2O3S2. The highest BCUT2D eigenvalue weighted by Gasteiger charge is 2.29. The van der Waals surface area contributed by atoms with Crippen LogP contribution >= 0.6 is 12.2 Å². The van der Waals surface area contributed by atoms with E-state index in [1.165, 1.54) is 10.7 Å². The normalized spacial score (nSPS) is 19.4. The molecule has 1 N–H and O–H groups in total. The highest BCUT2D eigenvalue weighted by molar-refractivity contribution is 7.89. The third kappa shape index (κ3) is 5.41. The van der Waals surface area contributed by atoms with Gasteiger partial charge in [0.2, 0.25) is 10.0 Å². The number of aliphatic hydroxyl groups excluding tert-OH is 1. The van der Waals surface area contributed by atoms with Crippen molar-refractivity contribution in [2.75, 3.05) is 32.8 Å². The lowest BCUT2D eigenvalue weighted by molar-refractivity contribution is 0.168. The van der Waals surface area contributed by atoms with Gasteiger partial charge in [-0.2, -0.15) is 4.31 Å². The Morgan fingerprint density at radius 1 is 1.17 bits per heavy atom. The Bertz CT molecular complexity index is 870. The topological polar surface area (TPSA) is 60.9 Å². The first kappa shape index (κ1) is 22.3. The molecule has 1 aliphatic carbocycles. The van der Waals surface area contributed by atoms with Crippen molar-refractivity contribution < 1.29 is 13.5 Å². The van der Waals surface area contributed by atoms with Gasteiger partial charge in [0.25, 0.3) is 0 Å². The fourth-order valence-corrected chi connectivity index (χ4v) is 5.73. The lowest BCUT2D eigenvalue weighted by Crippen LogP contribution is -2.45. The molecule has 1 aliphatic heterocycles. The number of aliphatic hydroxyl groups is 1. The van der Waals surface area contributed by atoms with Crippen LogP contribution in [-0.4, -0.2) is 66.4 Å². The molecule has 0 saturated carbocycles. The van der Waals surface area contributed by atoms with Gasteiger partial charge in [0.1, 0.15) is 0 Å². The molecule has 0 amide bonds. The summed E-state index contributed by atoms with van der Waals surface area (Å²) >= 11 is 5.42. The van der Waals surface area contributed by atoms with E-state index in [1.807, 2.05) is 30.4 Å². The summed E-state index contributed by atoms with van der Waals surface area (Å²) in [5.74, 6) is 0. The van der Waals surface area contributed by atoms with E-state index >= 15 is 0 Å². The monoisotopic (exact) mass is 434 g/mol. The second-order valence-corrected chi connectivity index (χ2v) is 10.1. The van der Waals surface area contributed by atoms with Crippen molar-refractivity contribution in [3.05, 3.63) is 48.1 Å². The Morgan fingerprint density at radius 2 is 1.86 bits per heavy atom. The van der Waals surface area contributed by atoms with Crippen LogP contribution in [0.1, 0.15) is 38.2 Å². The van der Waals surface area contributed by atoms with Crippen molar-refractivity contribution in [3.63, 3.8) is 0 Å². The number of nitrogens with zero attached hydrogens (tertiary/aromatic N) is 2.